The van der Waals surface area contributed by atoms with Gasteiger partial charge in [-0.3, -0.25) is 4.79 Å². The minimum atomic E-state index is -0.525. The maximum Gasteiger partial charge on any atom is 0.257 e. The molecule has 1 N–H and O–H groups in total. The van der Waals surface area contributed by atoms with E-state index in [1.54, 1.807) is 18.2 Å². The highest BCUT2D eigenvalue weighted by Crippen LogP contribution is 2.24. The molecule has 0 atom stereocenters. The lowest BCUT2D eigenvalue weighted by Gasteiger charge is -2.35. The minimum absolute atomic E-state index is 0.0797. The number of piperazine rings is 1. The van der Waals surface area contributed by atoms with Crippen LogP contribution in [0, 0.1) is 11.6 Å². The Kier molecular flexibility index (Phi) is 4.76. The lowest BCUT2D eigenvalue weighted by Crippen LogP contribution is -2.45. The molecule has 24 heavy (non-hydrogen) atoms. The normalized spacial score (nSPS) is 15.4. The number of halogens is 2. The van der Waals surface area contributed by atoms with Crippen molar-refractivity contribution in [2.45, 2.75) is 0 Å². The van der Waals surface area contributed by atoms with Crippen molar-refractivity contribution in [2.24, 2.45) is 0 Å². The average Bonchev–Trinajstić information content (AvgIpc) is 2.58. The minimum Gasteiger partial charge on any atom is -0.368 e. The van der Waals surface area contributed by atoms with Crippen molar-refractivity contribution >= 4 is 17.3 Å². The predicted molar refractivity (Wildman–Crippen MR) is 90.5 cm³/mol. The number of para-hydroxylation sites is 1. The van der Waals surface area contributed by atoms with E-state index in [1.807, 2.05) is 7.05 Å². The molecule has 0 aromatic heterocycles. The Morgan fingerprint density at radius 3 is 2.46 bits per heavy atom. The molecule has 1 aliphatic rings. The molecule has 1 aliphatic heterocycles. The molecule has 0 aliphatic carbocycles. The quantitative estimate of drug-likeness (QED) is 0.939. The second-order valence-electron chi connectivity index (χ2n) is 5.89. The van der Waals surface area contributed by atoms with E-state index >= 15 is 0 Å². The molecule has 4 nitrogen and oxygen atoms in total. The molecule has 0 unspecified atom stereocenters. The summed E-state index contributed by atoms with van der Waals surface area (Å²) in [5.41, 5.74) is 0.956. The van der Waals surface area contributed by atoms with Crippen LogP contribution in [-0.2, 0) is 0 Å². The van der Waals surface area contributed by atoms with Gasteiger partial charge in [-0.1, -0.05) is 12.1 Å². The Morgan fingerprint density at radius 2 is 1.75 bits per heavy atom. The summed E-state index contributed by atoms with van der Waals surface area (Å²) >= 11 is 0. The third kappa shape index (κ3) is 3.54. The van der Waals surface area contributed by atoms with E-state index in [0.717, 1.165) is 26.2 Å². The Morgan fingerprint density at radius 1 is 1.04 bits per heavy atom. The van der Waals surface area contributed by atoms with E-state index < -0.39 is 17.5 Å². The van der Waals surface area contributed by atoms with Crippen molar-refractivity contribution in [1.82, 2.24) is 4.90 Å². The van der Waals surface area contributed by atoms with Crippen molar-refractivity contribution in [2.75, 3.05) is 43.4 Å². The first-order chi connectivity index (χ1) is 11.5. The van der Waals surface area contributed by atoms with Gasteiger partial charge in [0.05, 0.1) is 11.3 Å². The molecule has 1 fully saturated rings. The highest BCUT2D eigenvalue weighted by Gasteiger charge is 2.21. The Balaban J connectivity index is 1.87. The van der Waals surface area contributed by atoms with Gasteiger partial charge in [0.15, 0.2) is 0 Å². The molecular formula is C18H19F2N3O. The number of rotatable bonds is 3. The van der Waals surface area contributed by atoms with Gasteiger partial charge in [-0.2, -0.15) is 0 Å². The molecule has 3 rings (SSSR count). The van der Waals surface area contributed by atoms with Gasteiger partial charge < -0.3 is 15.1 Å². The zero-order valence-corrected chi connectivity index (χ0v) is 13.4. The first-order valence-corrected chi connectivity index (χ1v) is 7.83. The summed E-state index contributed by atoms with van der Waals surface area (Å²) in [6.07, 6.45) is 0. The Labute approximate surface area is 139 Å². The van der Waals surface area contributed by atoms with Crippen molar-refractivity contribution in [3.63, 3.8) is 0 Å². The third-order valence-corrected chi connectivity index (χ3v) is 4.17. The van der Waals surface area contributed by atoms with E-state index in [-0.39, 0.29) is 11.3 Å². The molecule has 1 saturated heterocycles. The zero-order chi connectivity index (χ0) is 17.1. The number of nitrogens with zero attached hydrogens (tertiary/aromatic N) is 2. The predicted octanol–water partition coefficient (Wildman–Crippen LogP) is 2.97. The molecule has 2 aromatic carbocycles. The summed E-state index contributed by atoms with van der Waals surface area (Å²) in [5.74, 6) is -1.54. The van der Waals surface area contributed by atoms with Crippen LogP contribution in [0.4, 0.5) is 20.2 Å². The highest BCUT2D eigenvalue weighted by molar-refractivity contribution is 6.08. The van der Waals surface area contributed by atoms with Crippen LogP contribution in [0.2, 0.25) is 0 Å². The number of hydrogen-bond donors (Lipinski definition) is 1. The Bertz CT molecular complexity index is 743. The van der Waals surface area contributed by atoms with Gasteiger partial charge in [0.1, 0.15) is 11.6 Å². The van der Waals surface area contributed by atoms with Gasteiger partial charge in [0.2, 0.25) is 0 Å². The molecule has 6 heteroatoms. The van der Waals surface area contributed by atoms with Crippen molar-refractivity contribution in [3.05, 3.63) is 59.7 Å². The first-order valence-electron chi connectivity index (χ1n) is 7.83. The van der Waals surface area contributed by atoms with E-state index in [1.165, 1.54) is 24.3 Å². The fourth-order valence-corrected chi connectivity index (χ4v) is 2.77. The van der Waals surface area contributed by atoms with Gasteiger partial charge in [-0.25, -0.2) is 8.78 Å². The van der Waals surface area contributed by atoms with E-state index in [0.29, 0.717) is 5.69 Å². The second kappa shape index (κ2) is 6.97. The average molecular weight is 331 g/mol. The molecule has 0 saturated carbocycles. The van der Waals surface area contributed by atoms with Crippen LogP contribution >= 0.6 is 0 Å². The summed E-state index contributed by atoms with van der Waals surface area (Å²) in [6.45, 7) is 3.24. The molecule has 0 spiro atoms. The number of benzene rings is 2. The van der Waals surface area contributed by atoms with Crippen LogP contribution in [0.15, 0.2) is 42.5 Å². The molecule has 2 aromatic rings. The highest BCUT2D eigenvalue weighted by atomic mass is 19.1. The number of anilines is 2. The monoisotopic (exact) mass is 331 g/mol. The van der Waals surface area contributed by atoms with Gasteiger partial charge in [-0.05, 0) is 37.4 Å². The van der Waals surface area contributed by atoms with Crippen LogP contribution in [0.25, 0.3) is 0 Å². The molecular weight excluding hydrogens is 312 g/mol. The first kappa shape index (κ1) is 16.4. The summed E-state index contributed by atoms with van der Waals surface area (Å²) in [5, 5.41) is 2.52. The van der Waals surface area contributed by atoms with Crippen LogP contribution in [0.3, 0.4) is 0 Å². The molecule has 0 radical (unpaired) electrons. The summed E-state index contributed by atoms with van der Waals surface area (Å²) in [7, 11) is 2.04. The zero-order valence-electron chi connectivity index (χ0n) is 13.4. The van der Waals surface area contributed by atoms with Gasteiger partial charge in [-0.15, -0.1) is 0 Å². The fourth-order valence-electron chi connectivity index (χ4n) is 2.77. The number of nitrogens with one attached hydrogen (secondary N) is 1. The second-order valence-corrected chi connectivity index (χ2v) is 5.89. The lowest BCUT2D eigenvalue weighted by atomic mass is 10.1. The number of carbonyl (C=O) groups excluding carboxylic acids is 1. The number of carbonyl (C=O) groups is 1. The van der Waals surface area contributed by atoms with Crippen molar-refractivity contribution < 1.29 is 13.6 Å². The van der Waals surface area contributed by atoms with Gasteiger partial charge in [0, 0.05) is 31.9 Å². The Hall–Kier alpha value is -2.47. The van der Waals surface area contributed by atoms with Crippen molar-refractivity contribution in [3.8, 4) is 0 Å². The summed E-state index contributed by atoms with van der Waals surface area (Å²) < 4.78 is 27.4. The largest absolute Gasteiger partial charge is 0.368 e. The maximum absolute atomic E-state index is 13.7. The standard InChI is InChI=1S/C18H19F2N3O/c1-22-8-10-23(11-9-22)17-7-6-13(19)12-14(17)18(24)21-16-5-3-2-4-15(16)20/h2-7,12H,8-11H2,1H3,(H,21,24). The lowest BCUT2D eigenvalue weighted by molar-refractivity contribution is 0.102. The SMILES string of the molecule is CN1CCN(c2ccc(F)cc2C(=O)Nc2ccccc2F)CC1. The van der Waals surface area contributed by atoms with E-state index in [4.69, 9.17) is 0 Å². The smallest absolute Gasteiger partial charge is 0.257 e. The van der Waals surface area contributed by atoms with Crippen LogP contribution < -0.4 is 10.2 Å². The van der Waals surface area contributed by atoms with E-state index in [9.17, 15) is 13.6 Å². The van der Waals surface area contributed by atoms with Gasteiger partial charge in [0.25, 0.3) is 5.91 Å². The van der Waals surface area contributed by atoms with Crippen LogP contribution in [0.5, 0.6) is 0 Å². The third-order valence-electron chi connectivity index (χ3n) is 4.17. The molecule has 126 valence electrons. The van der Waals surface area contributed by atoms with Crippen LogP contribution in [-0.4, -0.2) is 44.0 Å². The van der Waals surface area contributed by atoms with E-state index in [2.05, 4.69) is 15.1 Å². The van der Waals surface area contributed by atoms with Crippen LogP contribution in [0.1, 0.15) is 10.4 Å². The fraction of sp³-hybridized carbons (Fsp3) is 0.278. The molecule has 1 amide bonds. The number of amides is 1. The topological polar surface area (TPSA) is 35.6 Å². The number of likely N-dealkylation sites (N-methyl/N-ethyl adjacent to an activating group) is 1. The molecule has 1 heterocycles. The summed E-state index contributed by atoms with van der Waals surface area (Å²) in [4.78, 5) is 16.8. The summed E-state index contributed by atoms with van der Waals surface area (Å²) in [6, 6.07) is 10.1. The maximum atomic E-state index is 13.7. The van der Waals surface area contributed by atoms with Gasteiger partial charge >= 0.3 is 0 Å². The number of hydrogen-bond acceptors (Lipinski definition) is 3. The molecule has 0 bridgehead atoms. The van der Waals surface area contributed by atoms with Crippen molar-refractivity contribution in [1.29, 1.82) is 0 Å².